The van der Waals surface area contributed by atoms with E-state index in [0.717, 1.165) is 44.7 Å². The van der Waals surface area contributed by atoms with Crippen LogP contribution in [-0.4, -0.2) is 51.8 Å². The third kappa shape index (κ3) is 7.93. The molecule has 0 bridgehead atoms. The van der Waals surface area contributed by atoms with Crippen LogP contribution in [0.3, 0.4) is 0 Å². The zero-order valence-corrected chi connectivity index (χ0v) is 22.8. The minimum atomic E-state index is -3.60. The summed E-state index contributed by atoms with van der Waals surface area (Å²) in [6.07, 6.45) is 1.12. The Bertz CT molecular complexity index is 1320. The van der Waals surface area contributed by atoms with E-state index in [-0.39, 0.29) is 12.5 Å². The van der Waals surface area contributed by atoms with Crippen LogP contribution in [0.1, 0.15) is 27.0 Å². The molecule has 7 nitrogen and oxygen atoms in total. The van der Waals surface area contributed by atoms with Crippen LogP contribution in [-0.2, 0) is 34.4 Å². The van der Waals surface area contributed by atoms with Gasteiger partial charge in [0, 0.05) is 41.8 Å². The highest BCUT2D eigenvalue weighted by molar-refractivity contribution is 7.92. The summed E-state index contributed by atoms with van der Waals surface area (Å²) in [7, 11) is -3.60. The maximum absolute atomic E-state index is 12.7. The Kier molecular flexibility index (Phi) is 9.10. The summed E-state index contributed by atoms with van der Waals surface area (Å²) in [6.45, 7) is 4.71. The SMILES string of the molecule is CS(=O)(=O)N(Cc1ccc(C(=O)NCc2cccc(CN3CCOCC3)c2)cc1)c1cc(Cl)cc(Cl)c1. The van der Waals surface area contributed by atoms with Crippen molar-refractivity contribution in [3.63, 3.8) is 0 Å². The molecule has 3 aromatic rings. The Morgan fingerprint density at radius 1 is 0.946 bits per heavy atom. The number of carbonyl (C=O) groups excluding carboxylic acids is 1. The second kappa shape index (κ2) is 12.3. The minimum absolute atomic E-state index is 0.0767. The van der Waals surface area contributed by atoms with Crippen LogP contribution in [0.25, 0.3) is 0 Å². The maximum Gasteiger partial charge on any atom is 0.251 e. The van der Waals surface area contributed by atoms with Crippen LogP contribution < -0.4 is 9.62 Å². The number of halogens is 2. The van der Waals surface area contributed by atoms with E-state index in [1.54, 1.807) is 42.5 Å². The highest BCUT2D eigenvalue weighted by Crippen LogP contribution is 2.28. The number of anilines is 1. The molecule has 4 rings (SSSR count). The maximum atomic E-state index is 12.7. The molecule has 0 saturated carbocycles. The predicted molar refractivity (Wildman–Crippen MR) is 148 cm³/mol. The lowest BCUT2D eigenvalue weighted by Crippen LogP contribution is -2.35. The smallest absolute Gasteiger partial charge is 0.251 e. The number of ether oxygens (including phenoxy) is 1. The average Bonchev–Trinajstić information content (AvgIpc) is 2.86. The molecule has 0 aromatic heterocycles. The van der Waals surface area contributed by atoms with Gasteiger partial charge in [-0.2, -0.15) is 0 Å². The van der Waals surface area contributed by atoms with Crippen molar-refractivity contribution < 1.29 is 17.9 Å². The number of morpholine rings is 1. The zero-order chi connectivity index (χ0) is 26.4. The molecule has 1 aliphatic rings. The molecule has 0 radical (unpaired) electrons. The summed E-state index contributed by atoms with van der Waals surface area (Å²) in [6, 6.07) is 19.7. The van der Waals surface area contributed by atoms with Gasteiger partial charge in [0.1, 0.15) is 0 Å². The molecule has 37 heavy (non-hydrogen) atoms. The van der Waals surface area contributed by atoms with Gasteiger partial charge in [-0.25, -0.2) is 8.42 Å². The highest BCUT2D eigenvalue weighted by atomic mass is 35.5. The number of nitrogens with zero attached hydrogens (tertiary/aromatic N) is 2. The van der Waals surface area contributed by atoms with E-state index >= 15 is 0 Å². The molecule has 0 atom stereocenters. The first-order valence-electron chi connectivity index (χ1n) is 11.9. The third-order valence-corrected chi connectivity index (χ3v) is 7.61. The monoisotopic (exact) mass is 561 g/mol. The average molecular weight is 563 g/mol. The van der Waals surface area contributed by atoms with Gasteiger partial charge in [0.25, 0.3) is 5.91 Å². The van der Waals surface area contributed by atoms with Crippen LogP contribution >= 0.6 is 23.2 Å². The molecular weight excluding hydrogens is 533 g/mol. The second-order valence-electron chi connectivity index (χ2n) is 8.99. The number of carbonyl (C=O) groups is 1. The Hall–Kier alpha value is -2.62. The summed E-state index contributed by atoms with van der Waals surface area (Å²) < 4.78 is 31.5. The molecule has 0 spiro atoms. The molecule has 0 unspecified atom stereocenters. The number of rotatable bonds is 9. The van der Waals surface area contributed by atoms with Gasteiger partial charge in [0.05, 0.1) is 31.7 Å². The molecule has 196 valence electrons. The van der Waals surface area contributed by atoms with E-state index in [0.29, 0.717) is 33.4 Å². The minimum Gasteiger partial charge on any atom is -0.379 e. The first kappa shape index (κ1) is 27.4. The summed E-state index contributed by atoms with van der Waals surface area (Å²) in [5.74, 6) is -0.202. The van der Waals surface area contributed by atoms with Gasteiger partial charge in [0.2, 0.25) is 10.0 Å². The first-order valence-corrected chi connectivity index (χ1v) is 14.5. The van der Waals surface area contributed by atoms with Gasteiger partial charge in [-0.15, -0.1) is 0 Å². The number of hydrogen-bond donors (Lipinski definition) is 1. The fraction of sp³-hybridized carbons (Fsp3) is 0.296. The van der Waals surface area contributed by atoms with Crippen LogP contribution in [0.2, 0.25) is 10.0 Å². The van der Waals surface area contributed by atoms with E-state index in [2.05, 4.69) is 22.3 Å². The molecular formula is C27H29Cl2N3O4S. The summed E-state index contributed by atoms with van der Waals surface area (Å²) in [5, 5.41) is 3.65. The van der Waals surface area contributed by atoms with Crippen LogP contribution in [0, 0.1) is 0 Å². The van der Waals surface area contributed by atoms with Crippen molar-refractivity contribution in [3.05, 3.63) is 99.0 Å². The predicted octanol–water partition coefficient (Wildman–Crippen LogP) is 4.72. The van der Waals surface area contributed by atoms with Crippen molar-refractivity contribution in [2.75, 3.05) is 36.9 Å². The molecule has 1 saturated heterocycles. The molecule has 1 amide bonds. The Morgan fingerprint density at radius 2 is 1.59 bits per heavy atom. The standard InChI is InChI=1S/C27H29Cl2N3O4S/c1-37(34,35)32(26-15-24(28)14-25(29)16-26)19-20-5-7-23(8-6-20)27(33)30-17-21-3-2-4-22(13-21)18-31-9-11-36-12-10-31/h2-8,13-16H,9-12,17-19H2,1H3,(H,30,33). The molecule has 1 fully saturated rings. The number of benzene rings is 3. The summed E-state index contributed by atoms with van der Waals surface area (Å²) in [5.41, 5.74) is 3.81. The van der Waals surface area contributed by atoms with E-state index in [1.165, 1.54) is 9.87 Å². The molecule has 10 heteroatoms. The highest BCUT2D eigenvalue weighted by Gasteiger charge is 2.19. The first-order chi connectivity index (χ1) is 17.7. The Labute approximate surface area is 228 Å². The third-order valence-electron chi connectivity index (χ3n) is 6.03. The molecule has 1 heterocycles. The van der Waals surface area contributed by atoms with Gasteiger partial charge in [-0.1, -0.05) is 59.6 Å². The van der Waals surface area contributed by atoms with E-state index in [9.17, 15) is 13.2 Å². The quantitative estimate of drug-likeness (QED) is 0.409. The molecule has 1 N–H and O–H groups in total. The number of amides is 1. The van der Waals surface area contributed by atoms with Crippen LogP contribution in [0.15, 0.2) is 66.7 Å². The fourth-order valence-corrected chi connectivity index (χ4v) is 5.54. The van der Waals surface area contributed by atoms with Crippen molar-refractivity contribution in [1.82, 2.24) is 10.2 Å². The van der Waals surface area contributed by atoms with E-state index in [4.69, 9.17) is 27.9 Å². The van der Waals surface area contributed by atoms with Crippen LogP contribution in [0.4, 0.5) is 5.69 Å². The van der Waals surface area contributed by atoms with Gasteiger partial charge < -0.3 is 10.1 Å². The second-order valence-corrected chi connectivity index (χ2v) is 11.8. The Balaban J connectivity index is 1.37. The zero-order valence-electron chi connectivity index (χ0n) is 20.5. The van der Waals surface area contributed by atoms with Crippen molar-refractivity contribution in [3.8, 4) is 0 Å². The van der Waals surface area contributed by atoms with Gasteiger partial charge in [-0.05, 0) is 47.0 Å². The Morgan fingerprint density at radius 3 is 2.24 bits per heavy atom. The van der Waals surface area contributed by atoms with Crippen molar-refractivity contribution >= 4 is 44.8 Å². The molecule has 3 aromatic carbocycles. The summed E-state index contributed by atoms with van der Waals surface area (Å²) in [4.78, 5) is 15.1. The van der Waals surface area contributed by atoms with Gasteiger partial charge >= 0.3 is 0 Å². The van der Waals surface area contributed by atoms with Crippen molar-refractivity contribution in [2.45, 2.75) is 19.6 Å². The molecule has 1 aliphatic heterocycles. The fourth-order valence-electron chi connectivity index (χ4n) is 4.15. The van der Waals surface area contributed by atoms with Gasteiger partial charge in [0.15, 0.2) is 0 Å². The lowest BCUT2D eigenvalue weighted by atomic mass is 10.1. The molecule has 0 aliphatic carbocycles. The van der Waals surface area contributed by atoms with E-state index in [1.807, 2.05) is 12.1 Å². The van der Waals surface area contributed by atoms with Crippen molar-refractivity contribution in [2.24, 2.45) is 0 Å². The normalized spacial score (nSPS) is 14.4. The number of hydrogen-bond acceptors (Lipinski definition) is 5. The van der Waals surface area contributed by atoms with E-state index < -0.39 is 10.0 Å². The number of nitrogens with one attached hydrogen (secondary N) is 1. The lowest BCUT2D eigenvalue weighted by molar-refractivity contribution is 0.0342. The van der Waals surface area contributed by atoms with Crippen LogP contribution in [0.5, 0.6) is 0 Å². The lowest BCUT2D eigenvalue weighted by Gasteiger charge is -2.26. The topological polar surface area (TPSA) is 79.0 Å². The largest absolute Gasteiger partial charge is 0.379 e. The summed E-state index contributed by atoms with van der Waals surface area (Å²) >= 11 is 12.1. The van der Waals surface area contributed by atoms with Gasteiger partial charge in [-0.3, -0.25) is 14.0 Å². The van der Waals surface area contributed by atoms with Crippen molar-refractivity contribution in [1.29, 1.82) is 0 Å². The number of sulfonamides is 1.